The molecule has 1 saturated heterocycles. The van der Waals surface area contributed by atoms with Crippen LogP contribution in [0.25, 0.3) is 11.4 Å². The number of nitrogens with zero attached hydrogens (tertiary/aromatic N) is 2. The molecule has 3 rings (SSSR count). The molecule has 0 unspecified atom stereocenters. The quantitative estimate of drug-likeness (QED) is 0.910. The Hall–Kier alpha value is -1.79. The zero-order valence-electron chi connectivity index (χ0n) is 11.2. The molecule has 2 N–H and O–H groups in total. The molecule has 2 heterocycles. The standard InChI is InChI=1S/C14H16FN3O2/c1-9-2-3-10(15)8-11(9)12-17-13(20-18-12)14(16)4-6-19-7-5-14/h2-3,8H,4-7,16H2,1H3. The molecule has 0 bridgehead atoms. The van der Waals surface area contributed by atoms with E-state index in [0.717, 1.165) is 5.56 Å². The molecule has 1 aliphatic rings. The Kier molecular flexibility index (Phi) is 3.27. The van der Waals surface area contributed by atoms with Crippen LogP contribution < -0.4 is 5.73 Å². The van der Waals surface area contributed by atoms with Crippen molar-refractivity contribution in [3.63, 3.8) is 0 Å². The fourth-order valence-corrected chi connectivity index (χ4v) is 2.32. The lowest BCUT2D eigenvalue weighted by Crippen LogP contribution is -2.42. The monoisotopic (exact) mass is 277 g/mol. The van der Waals surface area contributed by atoms with Crippen LogP contribution in [-0.4, -0.2) is 23.4 Å². The molecule has 0 atom stereocenters. The predicted octanol–water partition coefficient (Wildman–Crippen LogP) is 2.15. The maximum absolute atomic E-state index is 13.3. The van der Waals surface area contributed by atoms with Crippen LogP contribution in [-0.2, 0) is 10.3 Å². The van der Waals surface area contributed by atoms with Crippen molar-refractivity contribution in [3.05, 3.63) is 35.5 Å². The first-order valence-corrected chi connectivity index (χ1v) is 6.56. The van der Waals surface area contributed by atoms with Crippen molar-refractivity contribution >= 4 is 0 Å². The molecule has 20 heavy (non-hydrogen) atoms. The van der Waals surface area contributed by atoms with Gasteiger partial charge in [0.2, 0.25) is 11.7 Å². The van der Waals surface area contributed by atoms with Gasteiger partial charge in [-0.1, -0.05) is 11.2 Å². The summed E-state index contributed by atoms with van der Waals surface area (Å²) in [5, 5.41) is 3.94. The average molecular weight is 277 g/mol. The highest BCUT2D eigenvalue weighted by atomic mass is 19.1. The summed E-state index contributed by atoms with van der Waals surface area (Å²) in [4.78, 5) is 4.35. The van der Waals surface area contributed by atoms with Gasteiger partial charge in [-0.15, -0.1) is 0 Å². The first kappa shape index (κ1) is 13.2. The normalized spacial score (nSPS) is 18.1. The minimum absolute atomic E-state index is 0.328. The highest BCUT2D eigenvalue weighted by Crippen LogP contribution is 2.30. The van der Waals surface area contributed by atoms with E-state index in [9.17, 15) is 4.39 Å². The Bertz CT molecular complexity index is 621. The number of halogens is 1. The molecule has 0 saturated carbocycles. The first-order chi connectivity index (χ1) is 9.58. The van der Waals surface area contributed by atoms with Crippen molar-refractivity contribution in [1.29, 1.82) is 0 Å². The van der Waals surface area contributed by atoms with Crippen LogP contribution in [0.4, 0.5) is 4.39 Å². The molecule has 1 fully saturated rings. The predicted molar refractivity (Wildman–Crippen MR) is 70.3 cm³/mol. The van der Waals surface area contributed by atoms with Crippen LogP contribution >= 0.6 is 0 Å². The van der Waals surface area contributed by atoms with Gasteiger partial charge in [-0.05, 0) is 37.5 Å². The van der Waals surface area contributed by atoms with E-state index in [1.807, 2.05) is 6.92 Å². The number of rotatable bonds is 2. The van der Waals surface area contributed by atoms with E-state index < -0.39 is 5.54 Å². The Morgan fingerprint density at radius 1 is 1.30 bits per heavy atom. The van der Waals surface area contributed by atoms with Crippen molar-refractivity contribution in [3.8, 4) is 11.4 Å². The third-order valence-corrected chi connectivity index (χ3v) is 3.68. The molecule has 1 aliphatic heterocycles. The average Bonchev–Trinajstić information content (AvgIpc) is 2.93. The van der Waals surface area contributed by atoms with Crippen molar-refractivity contribution in [2.75, 3.05) is 13.2 Å². The zero-order chi connectivity index (χ0) is 14.2. The molecule has 5 nitrogen and oxygen atoms in total. The van der Waals surface area contributed by atoms with Crippen LogP contribution in [0.15, 0.2) is 22.7 Å². The highest BCUT2D eigenvalue weighted by Gasteiger charge is 2.36. The number of aromatic nitrogens is 2. The van der Waals surface area contributed by atoms with Gasteiger partial charge in [0.15, 0.2) is 0 Å². The summed E-state index contributed by atoms with van der Waals surface area (Å²) in [5.41, 5.74) is 7.15. The second kappa shape index (κ2) is 4.96. The second-order valence-electron chi connectivity index (χ2n) is 5.15. The van der Waals surface area contributed by atoms with Gasteiger partial charge in [0.25, 0.3) is 0 Å². The summed E-state index contributed by atoms with van der Waals surface area (Å²) in [7, 11) is 0. The van der Waals surface area contributed by atoms with Gasteiger partial charge in [-0.3, -0.25) is 0 Å². The number of hydrogen-bond acceptors (Lipinski definition) is 5. The van der Waals surface area contributed by atoms with Crippen LogP contribution in [0.3, 0.4) is 0 Å². The summed E-state index contributed by atoms with van der Waals surface area (Å²) in [5.74, 6) is 0.429. The largest absolute Gasteiger partial charge is 0.381 e. The highest BCUT2D eigenvalue weighted by molar-refractivity contribution is 5.59. The van der Waals surface area contributed by atoms with Gasteiger partial charge in [-0.25, -0.2) is 4.39 Å². The first-order valence-electron chi connectivity index (χ1n) is 6.56. The van der Waals surface area contributed by atoms with Gasteiger partial charge >= 0.3 is 0 Å². The molecule has 2 aromatic rings. The number of benzene rings is 1. The van der Waals surface area contributed by atoms with Gasteiger partial charge < -0.3 is 15.0 Å². The lowest BCUT2D eigenvalue weighted by atomic mass is 9.91. The molecule has 0 aliphatic carbocycles. The summed E-state index contributed by atoms with van der Waals surface area (Å²) in [6.45, 7) is 3.03. The lowest BCUT2D eigenvalue weighted by Gasteiger charge is -2.29. The summed E-state index contributed by atoms with van der Waals surface area (Å²) in [6.07, 6.45) is 1.27. The third-order valence-electron chi connectivity index (χ3n) is 3.68. The number of hydrogen-bond donors (Lipinski definition) is 1. The van der Waals surface area contributed by atoms with Crippen LogP contribution in [0.2, 0.25) is 0 Å². The fourth-order valence-electron chi connectivity index (χ4n) is 2.32. The molecule has 6 heteroatoms. The van der Waals surface area contributed by atoms with Gasteiger partial charge in [0, 0.05) is 18.8 Å². The minimum Gasteiger partial charge on any atom is -0.381 e. The topological polar surface area (TPSA) is 74.2 Å². The van der Waals surface area contributed by atoms with Gasteiger partial charge in [-0.2, -0.15) is 4.98 Å². The number of ether oxygens (including phenoxy) is 1. The van der Waals surface area contributed by atoms with Crippen molar-refractivity contribution in [2.45, 2.75) is 25.3 Å². The van der Waals surface area contributed by atoms with Crippen LogP contribution in [0.1, 0.15) is 24.3 Å². The maximum Gasteiger partial charge on any atom is 0.247 e. The number of aryl methyl sites for hydroxylation is 1. The van der Waals surface area contributed by atoms with Gasteiger partial charge in [0.05, 0.1) is 0 Å². The molecule has 1 aromatic carbocycles. The molecule has 0 radical (unpaired) electrons. The summed E-state index contributed by atoms with van der Waals surface area (Å²) >= 11 is 0. The summed E-state index contributed by atoms with van der Waals surface area (Å²) in [6, 6.07) is 4.49. The van der Waals surface area contributed by atoms with E-state index >= 15 is 0 Å². The fraction of sp³-hybridized carbons (Fsp3) is 0.429. The molecular weight excluding hydrogens is 261 g/mol. The molecule has 0 spiro atoms. The van der Waals surface area contributed by atoms with Crippen molar-refractivity contribution in [1.82, 2.24) is 10.1 Å². The minimum atomic E-state index is -0.648. The van der Waals surface area contributed by atoms with Crippen molar-refractivity contribution < 1.29 is 13.7 Å². The Balaban J connectivity index is 1.95. The lowest BCUT2D eigenvalue weighted by molar-refractivity contribution is 0.0400. The smallest absolute Gasteiger partial charge is 0.247 e. The van der Waals surface area contributed by atoms with E-state index in [4.69, 9.17) is 15.0 Å². The molecule has 106 valence electrons. The van der Waals surface area contributed by atoms with Crippen LogP contribution in [0, 0.1) is 12.7 Å². The summed E-state index contributed by atoms with van der Waals surface area (Å²) < 4.78 is 23.9. The maximum atomic E-state index is 13.3. The Morgan fingerprint density at radius 3 is 2.80 bits per heavy atom. The second-order valence-corrected chi connectivity index (χ2v) is 5.15. The van der Waals surface area contributed by atoms with E-state index in [-0.39, 0.29) is 5.82 Å². The van der Waals surface area contributed by atoms with E-state index in [0.29, 0.717) is 43.3 Å². The van der Waals surface area contributed by atoms with Crippen LogP contribution in [0.5, 0.6) is 0 Å². The Labute approximate surface area is 115 Å². The van der Waals surface area contributed by atoms with E-state index in [1.165, 1.54) is 12.1 Å². The van der Waals surface area contributed by atoms with E-state index in [2.05, 4.69) is 10.1 Å². The Morgan fingerprint density at radius 2 is 2.05 bits per heavy atom. The third kappa shape index (κ3) is 2.32. The van der Waals surface area contributed by atoms with Crippen molar-refractivity contribution in [2.24, 2.45) is 5.73 Å². The van der Waals surface area contributed by atoms with Gasteiger partial charge in [0.1, 0.15) is 11.4 Å². The molecule has 1 aromatic heterocycles. The van der Waals surface area contributed by atoms with E-state index in [1.54, 1.807) is 6.07 Å². The number of nitrogens with two attached hydrogens (primary N) is 1. The zero-order valence-corrected chi connectivity index (χ0v) is 11.2. The SMILES string of the molecule is Cc1ccc(F)cc1-c1noc(C2(N)CCOCC2)n1. The molecule has 0 amide bonds. The molecular formula is C14H16FN3O2.